The number of aryl methyl sites for hydroxylation is 1. The van der Waals surface area contributed by atoms with E-state index in [2.05, 4.69) is 53.2 Å². The van der Waals surface area contributed by atoms with Crippen molar-refractivity contribution in [2.75, 3.05) is 56.3 Å². The molecular formula is C25H30N4O4S. The Labute approximate surface area is 204 Å². The largest absolute Gasteiger partial charge is 0.491 e. The first kappa shape index (κ1) is 24.1. The van der Waals surface area contributed by atoms with Crippen molar-refractivity contribution in [3.05, 3.63) is 52.1 Å². The van der Waals surface area contributed by atoms with Crippen molar-refractivity contribution in [1.82, 2.24) is 10.3 Å². The van der Waals surface area contributed by atoms with Crippen LogP contribution in [0.15, 0.2) is 35.2 Å². The lowest BCUT2D eigenvalue weighted by Gasteiger charge is -2.37. The molecule has 180 valence electrons. The normalized spacial score (nSPS) is 17.4. The van der Waals surface area contributed by atoms with Crippen LogP contribution in [-0.2, 0) is 16.0 Å². The Morgan fingerprint density at radius 1 is 1.09 bits per heavy atom. The van der Waals surface area contributed by atoms with Gasteiger partial charge in [-0.15, -0.1) is 0 Å². The predicted octanol–water partition coefficient (Wildman–Crippen LogP) is 3.63. The number of nitrogens with zero attached hydrogens (tertiary/aromatic N) is 3. The van der Waals surface area contributed by atoms with Gasteiger partial charge in [0, 0.05) is 50.6 Å². The molecular weight excluding hydrogens is 452 g/mol. The van der Waals surface area contributed by atoms with Gasteiger partial charge in [0.1, 0.15) is 18.2 Å². The summed E-state index contributed by atoms with van der Waals surface area (Å²) in [5.41, 5.74) is 4.10. The number of benzene rings is 1. The van der Waals surface area contributed by atoms with Gasteiger partial charge in [0.2, 0.25) is 0 Å². The lowest BCUT2D eigenvalue weighted by atomic mass is 10.1. The van der Waals surface area contributed by atoms with Crippen molar-refractivity contribution >= 4 is 40.5 Å². The topological polar surface area (TPSA) is 84.0 Å². The number of ether oxygens (including phenoxy) is 2. The fraction of sp³-hybridized carbons (Fsp3) is 0.400. The number of amides is 2. The minimum atomic E-state index is -0.397. The molecule has 1 N–H and O–H groups in total. The molecule has 34 heavy (non-hydrogen) atoms. The third-order valence-electron chi connectivity index (χ3n) is 5.88. The second-order valence-electron chi connectivity index (χ2n) is 8.20. The zero-order valence-electron chi connectivity index (χ0n) is 19.8. The number of imide groups is 1. The van der Waals surface area contributed by atoms with Crippen LogP contribution in [0.3, 0.4) is 0 Å². The van der Waals surface area contributed by atoms with Crippen LogP contribution in [0.4, 0.5) is 16.3 Å². The quantitative estimate of drug-likeness (QED) is 0.451. The first-order chi connectivity index (χ1) is 16.5. The van der Waals surface area contributed by atoms with Crippen molar-refractivity contribution < 1.29 is 19.1 Å². The van der Waals surface area contributed by atoms with Crippen LogP contribution in [0, 0.1) is 6.92 Å². The third-order valence-corrected chi connectivity index (χ3v) is 6.69. The summed E-state index contributed by atoms with van der Waals surface area (Å²) in [5.74, 6) is 1.20. The number of carbonyl (C=O) groups is 2. The summed E-state index contributed by atoms with van der Waals surface area (Å²) in [6.07, 6.45) is 2.41. The highest BCUT2D eigenvalue weighted by molar-refractivity contribution is 8.18. The lowest BCUT2D eigenvalue weighted by Crippen LogP contribution is -2.47. The van der Waals surface area contributed by atoms with Crippen LogP contribution in [-0.4, -0.2) is 62.6 Å². The molecule has 4 rings (SSSR count). The highest BCUT2D eigenvalue weighted by Crippen LogP contribution is 2.33. The Morgan fingerprint density at radius 3 is 2.41 bits per heavy atom. The standard InChI is InChI=1S/C25H30N4O4S/c1-4-20-21(33-14-13-32-3)15-18(16-22-24(30)27-25(31)34-22)26-23(20)29-11-9-28(10-12-29)19-7-5-17(2)6-8-19/h5-8,15-16H,4,9-14H2,1-3H3,(H,27,30,31). The molecule has 9 heteroatoms. The predicted molar refractivity (Wildman–Crippen MR) is 136 cm³/mol. The number of rotatable bonds is 8. The van der Waals surface area contributed by atoms with Crippen molar-refractivity contribution in [3.8, 4) is 5.75 Å². The number of piperazine rings is 1. The zero-order valence-corrected chi connectivity index (χ0v) is 20.6. The number of thioether (sulfide) groups is 1. The smallest absolute Gasteiger partial charge is 0.290 e. The molecule has 2 aromatic rings. The van der Waals surface area contributed by atoms with E-state index in [-0.39, 0.29) is 5.24 Å². The maximum Gasteiger partial charge on any atom is 0.290 e. The van der Waals surface area contributed by atoms with Crippen LogP contribution >= 0.6 is 11.8 Å². The number of pyridine rings is 1. The number of carbonyl (C=O) groups excluding carboxylic acids is 2. The van der Waals surface area contributed by atoms with Crippen LogP contribution in [0.25, 0.3) is 6.08 Å². The SMILES string of the molecule is CCc1c(OCCOC)cc(C=C2SC(=O)NC2=O)nc1N1CCN(c2ccc(C)cc2)CC1. The molecule has 1 aromatic carbocycles. The number of hydrogen-bond acceptors (Lipinski definition) is 8. The molecule has 0 saturated carbocycles. The van der Waals surface area contributed by atoms with Crippen molar-refractivity contribution in [3.63, 3.8) is 0 Å². The summed E-state index contributed by atoms with van der Waals surface area (Å²) in [6, 6.07) is 10.5. The van der Waals surface area contributed by atoms with Crippen LogP contribution < -0.4 is 19.9 Å². The Balaban J connectivity index is 1.61. The van der Waals surface area contributed by atoms with Crippen LogP contribution in [0.1, 0.15) is 23.7 Å². The second-order valence-corrected chi connectivity index (χ2v) is 9.22. The Morgan fingerprint density at radius 2 is 1.79 bits per heavy atom. The number of hydrogen-bond donors (Lipinski definition) is 1. The molecule has 3 heterocycles. The van der Waals surface area contributed by atoms with Crippen molar-refractivity contribution in [2.45, 2.75) is 20.3 Å². The summed E-state index contributed by atoms with van der Waals surface area (Å²) in [7, 11) is 1.64. The minimum Gasteiger partial charge on any atom is -0.491 e. The van der Waals surface area contributed by atoms with Gasteiger partial charge in [0.25, 0.3) is 11.1 Å². The van der Waals surface area contributed by atoms with Crippen LogP contribution in [0.5, 0.6) is 5.75 Å². The second kappa shape index (κ2) is 10.9. The highest BCUT2D eigenvalue weighted by atomic mass is 32.2. The number of methoxy groups -OCH3 is 1. The molecule has 0 spiro atoms. The first-order valence-electron chi connectivity index (χ1n) is 11.5. The average molecular weight is 483 g/mol. The summed E-state index contributed by atoms with van der Waals surface area (Å²) in [6.45, 7) is 8.47. The summed E-state index contributed by atoms with van der Waals surface area (Å²) < 4.78 is 11.2. The molecule has 2 amide bonds. The fourth-order valence-electron chi connectivity index (χ4n) is 4.07. The van der Waals surface area contributed by atoms with E-state index >= 15 is 0 Å². The van der Waals surface area contributed by atoms with Crippen molar-refractivity contribution in [2.24, 2.45) is 0 Å². The number of nitrogens with one attached hydrogen (secondary N) is 1. The van der Waals surface area contributed by atoms with E-state index in [1.807, 2.05) is 6.07 Å². The van der Waals surface area contributed by atoms with E-state index < -0.39 is 5.91 Å². The first-order valence-corrected chi connectivity index (χ1v) is 12.3. The summed E-state index contributed by atoms with van der Waals surface area (Å²) in [5, 5.41) is 1.92. The Hall–Kier alpha value is -3.04. The van der Waals surface area contributed by atoms with Gasteiger partial charge in [0.05, 0.1) is 17.2 Å². The highest BCUT2D eigenvalue weighted by Gasteiger charge is 2.27. The van der Waals surface area contributed by atoms with E-state index in [4.69, 9.17) is 14.5 Å². The molecule has 0 unspecified atom stereocenters. The summed E-state index contributed by atoms with van der Waals surface area (Å²) >= 11 is 0.887. The van der Waals surface area contributed by atoms with Gasteiger partial charge in [-0.25, -0.2) is 4.98 Å². The van der Waals surface area contributed by atoms with Gasteiger partial charge in [0.15, 0.2) is 0 Å². The minimum absolute atomic E-state index is 0.333. The molecule has 1 aromatic heterocycles. The number of anilines is 2. The van der Waals surface area contributed by atoms with E-state index in [1.54, 1.807) is 13.2 Å². The van der Waals surface area contributed by atoms with Crippen molar-refractivity contribution in [1.29, 1.82) is 0 Å². The number of aromatic nitrogens is 1. The Bertz CT molecular complexity index is 1080. The fourth-order valence-corrected chi connectivity index (χ4v) is 4.74. The van der Waals surface area contributed by atoms with E-state index in [1.165, 1.54) is 11.3 Å². The maximum atomic E-state index is 12.1. The Kier molecular flexibility index (Phi) is 7.74. The molecule has 2 saturated heterocycles. The lowest BCUT2D eigenvalue weighted by molar-refractivity contribution is -0.115. The van der Waals surface area contributed by atoms with Gasteiger partial charge in [-0.05, 0) is 43.3 Å². The molecule has 2 aliphatic heterocycles. The molecule has 8 nitrogen and oxygen atoms in total. The van der Waals surface area contributed by atoms with Gasteiger partial charge in [-0.3, -0.25) is 14.9 Å². The van der Waals surface area contributed by atoms with Gasteiger partial charge in [-0.1, -0.05) is 24.6 Å². The molecule has 2 aliphatic rings. The van der Waals surface area contributed by atoms with Gasteiger partial charge < -0.3 is 19.3 Å². The van der Waals surface area contributed by atoms with Crippen LogP contribution in [0.2, 0.25) is 0 Å². The molecule has 0 aliphatic carbocycles. The average Bonchev–Trinajstić information content (AvgIpc) is 3.16. The molecule has 0 bridgehead atoms. The molecule has 0 radical (unpaired) electrons. The van der Waals surface area contributed by atoms with Gasteiger partial charge >= 0.3 is 0 Å². The maximum absolute atomic E-state index is 12.1. The molecule has 2 fully saturated rings. The van der Waals surface area contributed by atoms with Gasteiger partial charge in [-0.2, -0.15) is 0 Å². The summed E-state index contributed by atoms with van der Waals surface area (Å²) in [4.78, 5) is 33.6. The third kappa shape index (κ3) is 5.53. The molecule has 0 atom stereocenters. The monoisotopic (exact) mass is 482 g/mol. The van der Waals surface area contributed by atoms with E-state index in [0.29, 0.717) is 23.8 Å². The van der Waals surface area contributed by atoms with E-state index in [0.717, 1.165) is 61.5 Å². The zero-order chi connectivity index (χ0) is 24.1. The van der Waals surface area contributed by atoms with E-state index in [9.17, 15) is 9.59 Å².